The van der Waals surface area contributed by atoms with E-state index in [0.717, 1.165) is 5.82 Å². The normalized spacial score (nSPS) is 12.4. The molecule has 5 heteroatoms. The van der Waals surface area contributed by atoms with Crippen LogP contribution in [0.15, 0.2) is 30.7 Å². The van der Waals surface area contributed by atoms with Gasteiger partial charge in [0.15, 0.2) is 0 Å². The van der Waals surface area contributed by atoms with Gasteiger partial charge >= 0.3 is 0 Å². The summed E-state index contributed by atoms with van der Waals surface area (Å²) in [4.78, 5) is 8.45. The highest BCUT2D eigenvalue weighted by molar-refractivity contribution is 5.32. The number of ether oxygens (including phenoxy) is 1. The number of rotatable bonds is 3. The standard InChI is InChI=1S/C11H14N4O/c1-15-7-6-14-11(15)9(12)10-8(16-2)4-3-5-13-10/h3-7,9H,12H2,1-2H3. The van der Waals surface area contributed by atoms with Gasteiger partial charge in [-0.15, -0.1) is 0 Å². The van der Waals surface area contributed by atoms with Gasteiger partial charge in [-0.25, -0.2) is 4.98 Å². The van der Waals surface area contributed by atoms with Crippen LogP contribution in [0.1, 0.15) is 17.6 Å². The predicted octanol–water partition coefficient (Wildman–Crippen LogP) is 0.872. The Kier molecular flexibility index (Phi) is 2.87. The van der Waals surface area contributed by atoms with Crippen molar-refractivity contribution in [2.75, 3.05) is 7.11 Å². The average molecular weight is 218 g/mol. The van der Waals surface area contributed by atoms with Crippen LogP contribution in [0.4, 0.5) is 0 Å². The molecule has 2 rings (SSSR count). The van der Waals surface area contributed by atoms with Crippen molar-refractivity contribution < 1.29 is 4.74 Å². The summed E-state index contributed by atoms with van der Waals surface area (Å²) in [5, 5.41) is 0. The van der Waals surface area contributed by atoms with E-state index in [4.69, 9.17) is 10.5 Å². The third-order valence-corrected chi connectivity index (χ3v) is 2.45. The minimum absolute atomic E-state index is 0.379. The van der Waals surface area contributed by atoms with Crippen molar-refractivity contribution in [3.63, 3.8) is 0 Å². The van der Waals surface area contributed by atoms with Crippen LogP contribution in [-0.4, -0.2) is 21.6 Å². The van der Waals surface area contributed by atoms with Crippen LogP contribution in [0.25, 0.3) is 0 Å². The lowest BCUT2D eigenvalue weighted by atomic mass is 10.1. The first-order chi connectivity index (χ1) is 7.74. The fraction of sp³-hybridized carbons (Fsp3) is 0.273. The highest BCUT2D eigenvalue weighted by atomic mass is 16.5. The van der Waals surface area contributed by atoms with Crippen molar-refractivity contribution in [3.05, 3.63) is 42.2 Å². The number of methoxy groups -OCH3 is 1. The molecule has 1 atom stereocenters. The maximum atomic E-state index is 6.11. The highest BCUT2D eigenvalue weighted by Crippen LogP contribution is 2.24. The largest absolute Gasteiger partial charge is 0.495 e. The molecular formula is C11H14N4O. The van der Waals surface area contributed by atoms with E-state index in [1.54, 1.807) is 19.5 Å². The fourth-order valence-electron chi connectivity index (χ4n) is 1.61. The Balaban J connectivity index is 2.41. The molecule has 0 aromatic carbocycles. The Morgan fingerprint density at radius 3 is 2.81 bits per heavy atom. The highest BCUT2D eigenvalue weighted by Gasteiger charge is 2.18. The second kappa shape index (κ2) is 4.32. The molecule has 0 bridgehead atoms. The summed E-state index contributed by atoms with van der Waals surface area (Å²) in [5.41, 5.74) is 6.81. The molecule has 2 aromatic heterocycles. The number of pyridine rings is 1. The van der Waals surface area contributed by atoms with Crippen LogP contribution in [0.5, 0.6) is 5.75 Å². The zero-order valence-corrected chi connectivity index (χ0v) is 9.29. The molecule has 16 heavy (non-hydrogen) atoms. The van der Waals surface area contributed by atoms with Gasteiger partial charge < -0.3 is 15.0 Å². The molecule has 0 aliphatic rings. The Labute approximate surface area is 93.9 Å². The molecule has 0 fully saturated rings. The lowest BCUT2D eigenvalue weighted by molar-refractivity contribution is 0.403. The molecule has 0 saturated carbocycles. The summed E-state index contributed by atoms with van der Waals surface area (Å²) in [6.07, 6.45) is 5.26. The number of nitrogens with zero attached hydrogens (tertiary/aromatic N) is 3. The first-order valence-corrected chi connectivity index (χ1v) is 4.95. The molecule has 84 valence electrons. The predicted molar refractivity (Wildman–Crippen MR) is 60.0 cm³/mol. The molecule has 2 N–H and O–H groups in total. The van der Waals surface area contributed by atoms with Gasteiger partial charge in [0.25, 0.3) is 0 Å². The zero-order chi connectivity index (χ0) is 11.5. The number of hydrogen-bond donors (Lipinski definition) is 1. The van der Waals surface area contributed by atoms with Gasteiger partial charge in [0.05, 0.1) is 7.11 Å². The van der Waals surface area contributed by atoms with Gasteiger partial charge in [0, 0.05) is 25.6 Å². The van der Waals surface area contributed by atoms with E-state index in [1.807, 2.05) is 29.9 Å². The molecule has 2 heterocycles. The van der Waals surface area contributed by atoms with Gasteiger partial charge in [0.2, 0.25) is 0 Å². The zero-order valence-electron chi connectivity index (χ0n) is 9.29. The number of aromatic nitrogens is 3. The van der Waals surface area contributed by atoms with E-state index in [0.29, 0.717) is 11.4 Å². The molecule has 0 aliphatic heterocycles. The smallest absolute Gasteiger partial charge is 0.142 e. The van der Waals surface area contributed by atoms with Crippen molar-refractivity contribution in [2.45, 2.75) is 6.04 Å². The van der Waals surface area contributed by atoms with Crippen LogP contribution in [0, 0.1) is 0 Å². The van der Waals surface area contributed by atoms with Crippen molar-refractivity contribution in [2.24, 2.45) is 12.8 Å². The molecule has 0 spiro atoms. The molecule has 2 aromatic rings. The maximum absolute atomic E-state index is 6.11. The monoisotopic (exact) mass is 218 g/mol. The van der Waals surface area contributed by atoms with Crippen molar-refractivity contribution in [3.8, 4) is 5.75 Å². The first kappa shape index (κ1) is 10.6. The Bertz CT molecular complexity index is 480. The van der Waals surface area contributed by atoms with Gasteiger partial charge in [-0.2, -0.15) is 0 Å². The number of imidazole rings is 1. The quantitative estimate of drug-likeness (QED) is 0.830. The Morgan fingerprint density at radius 2 is 2.19 bits per heavy atom. The summed E-state index contributed by atoms with van der Waals surface area (Å²) in [6.45, 7) is 0. The molecule has 0 aliphatic carbocycles. The fourth-order valence-corrected chi connectivity index (χ4v) is 1.61. The number of hydrogen-bond acceptors (Lipinski definition) is 4. The first-order valence-electron chi connectivity index (χ1n) is 4.95. The van der Waals surface area contributed by atoms with Crippen molar-refractivity contribution in [1.82, 2.24) is 14.5 Å². The third-order valence-electron chi connectivity index (χ3n) is 2.45. The van der Waals surface area contributed by atoms with E-state index in [2.05, 4.69) is 9.97 Å². The summed E-state index contributed by atoms with van der Waals surface area (Å²) < 4.78 is 7.10. The lowest BCUT2D eigenvalue weighted by Gasteiger charge is -2.13. The van der Waals surface area contributed by atoms with Gasteiger partial charge in [-0.05, 0) is 12.1 Å². The molecule has 0 radical (unpaired) electrons. The maximum Gasteiger partial charge on any atom is 0.142 e. The van der Waals surface area contributed by atoms with Crippen LogP contribution in [0.2, 0.25) is 0 Å². The van der Waals surface area contributed by atoms with Gasteiger partial charge in [-0.1, -0.05) is 0 Å². The Hall–Kier alpha value is -1.88. The molecular weight excluding hydrogens is 204 g/mol. The summed E-state index contributed by atoms with van der Waals surface area (Å²) in [5.74, 6) is 1.44. The van der Waals surface area contributed by atoms with Crippen LogP contribution < -0.4 is 10.5 Å². The number of aryl methyl sites for hydroxylation is 1. The van der Waals surface area contributed by atoms with Gasteiger partial charge in [-0.3, -0.25) is 4.98 Å². The second-order valence-corrected chi connectivity index (χ2v) is 3.46. The SMILES string of the molecule is COc1cccnc1C(N)c1nccn1C. The van der Waals surface area contributed by atoms with Gasteiger partial charge in [0.1, 0.15) is 23.3 Å². The van der Waals surface area contributed by atoms with E-state index < -0.39 is 0 Å². The topological polar surface area (TPSA) is 66.0 Å². The van der Waals surface area contributed by atoms with Crippen LogP contribution in [0.3, 0.4) is 0 Å². The van der Waals surface area contributed by atoms with E-state index in [-0.39, 0.29) is 6.04 Å². The minimum atomic E-state index is -0.379. The van der Waals surface area contributed by atoms with Crippen LogP contribution in [-0.2, 0) is 7.05 Å². The average Bonchev–Trinajstić information content (AvgIpc) is 2.74. The summed E-state index contributed by atoms with van der Waals surface area (Å²) in [6, 6.07) is 3.27. The number of nitrogens with two attached hydrogens (primary N) is 1. The van der Waals surface area contributed by atoms with Crippen LogP contribution >= 0.6 is 0 Å². The third kappa shape index (κ3) is 1.77. The molecule has 0 amide bonds. The summed E-state index contributed by atoms with van der Waals surface area (Å²) in [7, 11) is 3.50. The molecule has 0 saturated heterocycles. The van der Waals surface area contributed by atoms with Crippen molar-refractivity contribution in [1.29, 1.82) is 0 Å². The van der Waals surface area contributed by atoms with E-state index in [9.17, 15) is 0 Å². The lowest BCUT2D eigenvalue weighted by Crippen LogP contribution is -2.18. The summed E-state index contributed by atoms with van der Waals surface area (Å²) >= 11 is 0. The Morgan fingerprint density at radius 1 is 1.38 bits per heavy atom. The van der Waals surface area contributed by atoms with E-state index in [1.165, 1.54) is 0 Å². The van der Waals surface area contributed by atoms with Crippen molar-refractivity contribution >= 4 is 0 Å². The molecule has 5 nitrogen and oxygen atoms in total. The van der Waals surface area contributed by atoms with E-state index >= 15 is 0 Å². The molecule has 1 unspecified atom stereocenters. The minimum Gasteiger partial charge on any atom is -0.495 e. The second-order valence-electron chi connectivity index (χ2n) is 3.46.